The first-order valence-electron chi connectivity index (χ1n) is 17.5. The van der Waals surface area contributed by atoms with Gasteiger partial charge in [-0.3, -0.25) is 0 Å². The maximum absolute atomic E-state index is 6.21. The molecule has 3 aromatic rings. The van der Waals surface area contributed by atoms with Crippen LogP contribution in [0.5, 0.6) is 5.75 Å². The smallest absolute Gasteiger partial charge is 0.267 e. The SMILES string of the molecule is CCCCOCCCCOc1ccc(-c2cnc(C3=COC(c4ccccc4CCCCCCCCCC4CC4)O3)nc2)cc1. The van der Waals surface area contributed by atoms with E-state index in [1.54, 1.807) is 6.26 Å². The Balaban J connectivity index is 1.02. The molecule has 1 aliphatic carbocycles. The molecule has 0 N–H and O–H groups in total. The van der Waals surface area contributed by atoms with Gasteiger partial charge in [0.15, 0.2) is 5.82 Å². The number of hydrogen-bond donors (Lipinski definition) is 0. The maximum Gasteiger partial charge on any atom is 0.267 e. The van der Waals surface area contributed by atoms with Crippen molar-refractivity contribution in [3.63, 3.8) is 0 Å². The summed E-state index contributed by atoms with van der Waals surface area (Å²) >= 11 is 0. The summed E-state index contributed by atoms with van der Waals surface area (Å²) in [7, 11) is 0. The molecule has 0 radical (unpaired) electrons. The number of hydrogen-bond acceptors (Lipinski definition) is 6. The summed E-state index contributed by atoms with van der Waals surface area (Å²) in [5, 5.41) is 0. The molecule has 1 unspecified atom stereocenters. The lowest BCUT2D eigenvalue weighted by molar-refractivity contribution is -0.0181. The third kappa shape index (κ3) is 11.2. The van der Waals surface area contributed by atoms with Crippen LogP contribution in [0.2, 0.25) is 0 Å². The summed E-state index contributed by atoms with van der Waals surface area (Å²) < 4.78 is 23.7. The van der Waals surface area contributed by atoms with E-state index in [1.165, 1.54) is 76.2 Å². The summed E-state index contributed by atoms with van der Waals surface area (Å²) in [6, 6.07) is 16.5. The molecular formula is C39H52N2O4. The number of rotatable bonds is 22. The molecule has 2 aromatic carbocycles. The van der Waals surface area contributed by atoms with Crippen molar-refractivity contribution in [2.24, 2.45) is 5.92 Å². The Labute approximate surface area is 270 Å². The Bertz CT molecular complexity index is 1290. The van der Waals surface area contributed by atoms with Gasteiger partial charge in [-0.25, -0.2) is 9.97 Å². The fourth-order valence-corrected chi connectivity index (χ4v) is 5.76. The van der Waals surface area contributed by atoms with Crippen LogP contribution in [0.1, 0.15) is 120 Å². The van der Waals surface area contributed by atoms with Crippen molar-refractivity contribution >= 4 is 5.76 Å². The van der Waals surface area contributed by atoms with Gasteiger partial charge in [-0.15, -0.1) is 0 Å². The predicted molar refractivity (Wildman–Crippen MR) is 181 cm³/mol. The molecule has 2 heterocycles. The third-order valence-electron chi connectivity index (χ3n) is 8.75. The van der Waals surface area contributed by atoms with Crippen LogP contribution >= 0.6 is 0 Å². The van der Waals surface area contributed by atoms with E-state index in [1.807, 2.05) is 36.7 Å². The Morgan fingerprint density at radius 1 is 0.733 bits per heavy atom. The van der Waals surface area contributed by atoms with E-state index in [0.29, 0.717) is 18.2 Å². The van der Waals surface area contributed by atoms with Crippen LogP contribution in [0.3, 0.4) is 0 Å². The zero-order valence-electron chi connectivity index (χ0n) is 27.3. The van der Waals surface area contributed by atoms with Gasteiger partial charge in [0.1, 0.15) is 12.0 Å². The second-order valence-electron chi connectivity index (χ2n) is 12.6. The van der Waals surface area contributed by atoms with Crippen molar-refractivity contribution in [3.8, 4) is 16.9 Å². The first kappa shape index (κ1) is 33.0. The first-order valence-corrected chi connectivity index (χ1v) is 17.5. The molecule has 0 spiro atoms. The molecule has 0 bridgehead atoms. The summed E-state index contributed by atoms with van der Waals surface area (Å²) in [5.41, 5.74) is 4.36. The molecule has 5 rings (SSSR count). The first-order chi connectivity index (χ1) is 22.3. The highest BCUT2D eigenvalue weighted by Crippen LogP contribution is 2.35. The van der Waals surface area contributed by atoms with E-state index >= 15 is 0 Å². The Morgan fingerprint density at radius 2 is 1.44 bits per heavy atom. The maximum atomic E-state index is 6.21. The van der Waals surface area contributed by atoms with Crippen molar-refractivity contribution in [2.75, 3.05) is 19.8 Å². The van der Waals surface area contributed by atoms with Crippen molar-refractivity contribution in [1.29, 1.82) is 0 Å². The second kappa shape index (κ2) is 18.6. The molecule has 6 nitrogen and oxygen atoms in total. The van der Waals surface area contributed by atoms with E-state index in [0.717, 1.165) is 67.3 Å². The van der Waals surface area contributed by atoms with Crippen LogP contribution in [0.15, 0.2) is 67.2 Å². The normalized spacial score (nSPS) is 15.8. The topological polar surface area (TPSA) is 62.7 Å². The minimum Gasteiger partial charge on any atom is -0.494 e. The van der Waals surface area contributed by atoms with Gasteiger partial charge in [-0.1, -0.05) is 108 Å². The molecule has 45 heavy (non-hydrogen) atoms. The van der Waals surface area contributed by atoms with Crippen LogP contribution < -0.4 is 4.74 Å². The van der Waals surface area contributed by atoms with Crippen molar-refractivity contribution in [3.05, 3.63) is 84.1 Å². The van der Waals surface area contributed by atoms with Gasteiger partial charge in [-0.2, -0.15) is 0 Å². The highest BCUT2D eigenvalue weighted by atomic mass is 16.7. The van der Waals surface area contributed by atoms with E-state index < -0.39 is 6.29 Å². The van der Waals surface area contributed by atoms with Gasteiger partial charge in [0, 0.05) is 36.7 Å². The monoisotopic (exact) mass is 612 g/mol. The summed E-state index contributed by atoms with van der Waals surface area (Å²) in [4.78, 5) is 9.17. The van der Waals surface area contributed by atoms with Crippen molar-refractivity contribution in [2.45, 2.75) is 110 Å². The van der Waals surface area contributed by atoms with Gasteiger partial charge in [0.25, 0.3) is 6.29 Å². The Hall–Kier alpha value is -3.38. The molecule has 1 aromatic heterocycles. The summed E-state index contributed by atoms with van der Waals surface area (Å²) in [6.07, 6.45) is 24.0. The Morgan fingerprint density at radius 3 is 2.22 bits per heavy atom. The van der Waals surface area contributed by atoms with E-state index in [9.17, 15) is 0 Å². The molecule has 1 aliphatic heterocycles. The third-order valence-corrected chi connectivity index (χ3v) is 8.75. The minimum atomic E-state index is -0.466. The molecule has 1 fully saturated rings. The fourth-order valence-electron chi connectivity index (χ4n) is 5.76. The van der Waals surface area contributed by atoms with Crippen LogP contribution in [0.25, 0.3) is 16.9 Å². The van der Waals surface area contributed by atoms with Crippen LogP contribution in [-0.2, 0) is 20.6 Å². The van der Waals surface area contributed by atoms with Gasteiger partial charge in [-0.05, 0) is 61.3 Å². The van der Waals surface area contributed by atoms with E-state index in [-0.39, 0.29) is 0 Å². The number of nitrogens with zero attached hydrogens (tertiary/aromatic N) is 2. The van der Waals surface area contributed by atoms with Crippen LogP contribution in [-0.4, -0.2) is 29.8 Å². The molecule has 2 aliphatic rings. The predicted octanol–water partition coefficient (Wildman–Crippen LogP) is 10.2. The zero-order valence-corrected chi connectivity index (χ0v) is 27.3. The largest absolute Gasteiger partial charge is 0.494 e. The molecule has 1 atom stereocenters. The lowest BCUT2D eigenvalue weighted by Gasteiger charge is -2.16. The summed E-state index contributed by atoms with van der Waals surface area (Å²) in [5.74, 6) is 3.02. The number of benzene rings is 2. The standard InChI is InChI=1S/C39H52N2O4/c1-2-3-25-42-26-13-14-27-43-35-23-21-32(22-24-35)34-28-40-38(41-29-34)37-30-44-39(45-37)36-18-12-11-17-33(36)16-10-8-6-4-5-7-9-15-31-19-20-31/h11-12,17-18,21-24,28-31,39H,2-10,13-16,19-20,25-27H2,1H3. The molecule has 1 saturated carbocycles. The molecule has 6 heteroatoms. The fraction of sp³-hybridized carbons (Fsp3) is 0.538. The van der Waals surface area contributed by atoms with Crippen molar-refractivity contribution < 1.29 is 18.9 Å². The number of ether oxygens (including phenoxy) is 4. The lowest BCUT2D eigenvalue weighted by Crippen LogP contribution is -2.04. The molecule has 0 saturated heterocycles. The minimum absolute atomic E-state index is 0.466. The van der Waals surface area contributed by atoms with Gasteiger partial charge in [0.2, 0.25) is 5.76 Å². The zero-order chi connectivity index (χ0) is 30.9. The molecule has 0 amide bonds. The van der Waals surface area contributed by atoms with Gasteiger partial charge < -0.3 is 18.9 Å². The van der Waals surface area contributed by atoms with Crippen molar-refractivity contribution in [1.82, 2.24) is 9.97 Å². The number of aryl methyl sites for hydroxylation is 1. The molecule has 242 valence electrons. The van der Waals surface area contributed by atoms with Gasteiger partial charge >= 0.3 is 0 Å². The quantitative estimate of drug-likeness (QED) is 0.105. The molecular weight excluding hydrogens is 560 g/mol. The summed E-state index contributed by atoms with van der Waals surface area (Å²) in [6.45, 7) is 4.53. The average Bonchev–Trinajstić information content (AvgIpc) is 3.78. The number of unbranched alkanes of at least 4 members (excludes halogenated alkanes) is 8. The van der Waals surface area contributed by atoms with Gasteiger partial charge in [0.05, 0.1) is 6.61 Å². The van der Waals surface area contributed by atoms with E-state index in [4.69, 9.17) is 18.9 Å². The Kier molecular flexibility index (Phi) is 13.6. The number of aromatic nitrogens is 2. The average molecular weight is 613 g/mol. The highest BCUT2D eigenvalue weighted by Gasteiger charge is 2.26. The lowest BCUT2D eigenvalue weighted by atomic mass is 9.99. The second-order valence-corrected chi connectivity index (χ2v) is 12.6. The highest BCUT2D eigenvalue weighted by molar-refractivity contribution is 5.63. The van der Waals surface area contributed by atoms with Crippen LogP contribution in [0, 0.1) is 5.92 Å². The van der Waals surface area contributed by atoms with E-state index in [2.05, 4.69) is 41.2 Å². The van der Waals surface area contributed by atoms with Crippen LogP contribution in [0.4, 0.5) is 0 Å².